The molecule has 0 aliphatic heterocycles. The Balaban J connectivity index is 2.06. The van der Waals surface area contributed by atoms with Gasteiger partial charge >= 0.3 is 0 Å². The van der Waals surface area contributed by atoms with Crippen LogP contribution in [0.5, 0.6) is 0 Å². The zero-order valence-corrected chi connectivity index (χ0v) is 11.4. The molecule has 0 spiro atoms. The lowest BCUT2D eigenvalue weighted by atomic mass is 10.1. The quantitative estimate of drug-likeness (QED) is 0.678. The predicted molar refractivity (Wildman–Crippen MR) is 74.7 cm³/mol. The van der Waals surface area contributed by atoms with Crippen LogP contribution in [0.4, 0.5) is 14.5 Å². The molecule has 0 aliphatic rings. The standard InChI is InChI=1S/C15H14F2N2O2/c1-10-11(4-3-7-14(10)19(20)21)8-18-9-12-5-2-6-13(16)15(12)17/h2-7,18H,8-9H2,1H3. The first-order chi connectivity index (χ1) is 10.0. The highest BCUT2D eigenvalue weighted by atomic mass is 19.2. The molecule has 6 heteroatoms. The van der Waals surface area contributed by atoms with Crippen molar-refractivity contribution in [3.63, 3.8) is 0 Å². The van der Waals surface area contributed by atoms with Gasteiger partial charge in [0.1, 0.15) is 0 Å². The van der Waals surface area contributed by atoms with E-state index in [0.29, 0.717) is 12.1 Å². The summed E-state index contributed by atoms with van der Waals surface area (Å²) < 4.78 is 26.5. The first kappa shape index (κ1) is 15.1. The van der Waals surface area contributed by atoms with Crippen molar-refractivity contribution >= 4 is 5.69 Å². The molecule has 0 aliphatic carbocycles. The van der Waals surface area contributed by atoms with E-state index in [1.807, 2.05) is 0 Å². The molecule has 0 radical (unpaired) electrons. The molecule has 0 aromatic heterocycles. The minimum atomic E-state index is -0.888. The second-order valence-corrected chi connectivity index (χ2v) is 4.63. The summed E-state index contributed by atoms with van der Waals surface area (Å²) in [5.41, 5.74) is 1.58. The Morgan fingerprint density at radius 2 is 1.71 bits per heavy atom. The van der Waals surface area contributed by atoms with Crippen molar-refractivity contribution in [2.24, 2.45) is 0 Å². The molecule has 21 heavy (non-hydrogen) atoms. The number of nitrogens with one attached hydrogen (secondary N) is 1. The van der Waals surface area contributed by atoms with Gasteiger partial charge in [-0.15, -0.1) is 0 Å². The number of rotatable bonds is 5. The molecule has 2 aromatic rings. The van der Waals surface area contributed by atoms with Crippen LogP contribution in [0.2, 0.25) is 0 Å². The minimum Gasteiger partial charge on any atom is -0.308 e. The van der Waals surface area contributed by atoms with E-state index >= 15 is 0 Å². The van der Waals surface area contributed by atoms with E-state index in [2.05, 4.69) is 5.32 Å². The fraction of sp³-hybridized carbons (Fsp3) is 0.200. The van der Waals surface area contributed by atoms with E-state index in [-0.39, 0.29) is 17.8 Å². The predicted octanol–water partition coefficient (Wildman–Crippen LogP) is 3.47. The molecule has 0 heterocycles. The first-order valence-electron chi connectivity index (χ1n) is 6.37. The Hall–Kier alpha value is -2.34. The summed E-state index contributed by atoms with van der Waals surface area (Å²) in [7, 11) is 0. The number of hydrogen-bond donors (Lipinski definition) is 1. The number of nitro benzene ring substituents is 1. The first-order valence-corrected chi connectivity index (χ1v) is 6.37. The van der Waals surface area contributed by atoms with Crippen LogP contribution in [0.1, 0.15) is 16.7 Å². The third-order valence-corrected chi connectivity index (χ3v) is 3.28. The smallest absolute Gasteiger partial charge is 0.272 e. The lowest BCUT2D eigenvalue weighted by Gasteiger charge is -2.09. The van der Waals surface area contributed by atoms with E-state index < -0.39 is 16.6 Å². The summed E-state index contributed by atoms with van der Waals surface area (Å²) in [5, 5.41) is 13.8. The maximum atomic E-state index is 13.5. The third-order valence-electron chi connectivity index (χ3n) is 3.28. The van der Waals surface area contributed by atoms with Gasteiger partial charge in [-0.3, -0.25) is 10.1 Å². The molecule has 0 unspecified atom stereocenters. The molecule has 0 saturated carbocycles. The summed E-state index contributed by atoms with van der Waals surface area (Å²) in [6.07, 6.45) is 0. The zero-order chi connectivity index (χ0) is 15.4. The Labute approximate surface area is 120 Å². The Morgan fingerprint density at radius 1 is 1.10 bits per heavy atom. The number of hydrogen-bond acceptors (Lipinski definition) is 3. The van der Waals surface area contributed by atoms with Gasteiger partial charge in [-0.2, -0.15) is 0 Å². The van der Waals surface area contributed by atoms with Crippen LogP contribution >= 0.6 is 0 Å². The molecular weight excluding hydrogens is 278 g/mol. The number of nitro groups is 1. The van der Waals surface area contributed by atoms with Gasteiger partial charge in [0.15, 0.2) is 11.6 Å². The molecule has 4 nitrogen and oxygen atoms in total. The second kappa shape index (κ2) is 6.41. The summed E-state index contributed by atoms with van der Waals surface area (Å²) in [5.74, 6) is -1.76. The molecule has 0 bridgehead atoms. The molecular formula is C15H14F2N2O2. The van der Waals surface area contributed by atoms with Crippen LogP contribution in [0.3, 0.4) is 0 Å². The van der Waals surface area contributed by atoms with Crippen molar-refractivity contribution in [1.29, 1.82) is 0 Å². The van der Waals surface area contributed by atoms with Crippen LogP contribution in [0.15, 0.2) is 36.4 Å². The average molecular weight is 292 g/mol. The highest BCUT2D eigenvalue weighted by Crippen LogP contribution is 2.21. The van der Waals surface area contributed by atoms with Crippen LogP contribution in [-0.2, 0) is 13.1 Å². The number of halogens is 2. The molecule has 1 N–H and O–H groups in total. The molecule has 2 rings (SSSR count). The maximum absolute atomic E-state index is 13.5. The zero-order valence-electron chi connectivity index (χ0n) is 11.4. The normalized spacial score (nSPS) is 10.6. The van der Waals surface area contributed by atoms with E-state index in [0.717, 1.165) is 11.6 Å². The van der Waals surface area contributed by atoms with E-state index in [4.69, 9.17) is 0 Å². The van der Waals surface area contributed by atoms with Gasteiger partial charge in [0.2, 0.25) is 0 Å². The molecule has 0 fully saturated rings. The molecule has 110 valence electrons. The molecule has 0 atom stereocenters. The summed E-state index contributed by atoms with van der Waals surface area (Å²) in [6, 6.07) is 8.79. The van der Waals surface area contributed by atoms with Crippen molar-refractivity contribution in [3.8, 4) is 0 Å². The summed E-state index contributed by atoms with van der Waals surface area (Å²) in [6.45, 7) is 2.15. The van der Waals surface area contributed by atoms with E-state index in [1.165, 1.54) is 18.2 Å². The third kappa shape index (κ3) is 3.41. The lowest BCUT2D eigenvalue weighted by molar-refractivity contribution is -0.385. The second-order valence-electron chi connectivity index (χ2n) is 4.63. The van der Waals surface area contributed by atoms with Gasteiger partial charge in [0, 0.05) is 30.3 Å². The Kier molecular flexibility index (Phi) is 4.59. The SMILES string of the molecule is Cc1c(CNCc2cccc(F)c2F)cccc1[N+](=O)[O-]. The molecule has 2 aromatic carbocycles. The van der Waals surface area contributed by atoms with Crippen LogP contribution in [-0.4, -0.2) is 4.92 Å². The van der Waals surface area contributed by atoms with Crippen LogP contribution in [0, 0.1) is 28.7 Å². The van der Waals surface area contributed by atoms with E-state index in [9.17, 15) is 18.9 Å². The van der Waals surface area contributed by atoms with Crippen molar-refractivity contribution in [2.45, 2.75) is 20.0 Å². The lowest BCUT2D eigenvalue weighted by Crippen LogP contribution is -2.15. The van der Waals surface area contributed by atoms with Gasteiger partial charge in [-0.05, 0) is 18.6 Å². The highest BCUT2D eigenvalue weighted by Gasteiger charge is 2.13. The topological polar surface area (TPSA) is 55.2 Å². The van der Waals surface area contributed by atoms with Crippen molar-refractivity contribution < 1.29 is 13.7 Å². The number of nitrogens with zero attached hydrogens (tertiary/aromatic N) is 1. The number of benzene rings is 2. The highest BCUT2D eigenvalue weighted by molar-refractivity contribution is 5.44. The fourth-order valence-corrected chi connectivity index (χ4v) is 2.08. The summed E-state index contributed by atoms with van der Waals surface area (Å²) in [4.78, 5) is 10.4. The van der Waals surface area contributed by atoms with Crippen LogP contribution < -0.4 is 5.32 Å². The van der Waals surface area contributed by atoms with Crippen molar-refractivity contribution in [3.05, 3.63) is 74.8 Å². The van der Waals surface area contributed by atoms with Gasteiger partial charge in [0.25, 0.3) is 5.69 Å². The maximum Gasteiger partial charge on any atom is 0.272 e. The molecule has 0 amide bonds. The monoisotopic (exact) mass is 292 g/mol. The van der Waals surface area contributed by atoms with Gasteiger partial charge in [0.05, 0.1) is 4.92 Å². The van der Waals surface area contributed by atoms with Crippen molar-refractivity contribution in [2.75, 3.05) is 0 Å². The largest absolute Gasteiger partial charge is 0.308 e. The Morgan fingerprint density at radius 3 is 2.43 bits per heavy atom. The van der Waals surface area contributed by atoms with Crippen LogP contribution in [0.25, 0.3) is 0 Å². The van der Waals surface area contributed by atoms with Gasteiger partial charge in [-0.1, -0.05) is 24.3 Å². The average Bonchev–Trinajstić information content (AvgIpc) is 2.45. The minimum absolute atomic E-state index is 0.0474. The van der Waals surface area contributed by atoms with Gasteiger partial charge < -0.3 is 5.32 Å². The summed E-state index contributed by atoms with van der Waals surface area (Å²) >= 11 is 0. The fourth-order valence-electron chi connectivity index (χ4n) is 2.08. The van der Waals surface area contributed by atoms with E-state index in [1.54, 1.807) is 19.1 Å². The van der Waals surface area contributed by atoms with Crippen molar-refractivity contribution in [1.82, 2.24) is 5.32 Å². The van der Waals surface area contributed by atoms with Gasteiger partial charge in [-0.25, -0.2) is 8.78 Å². The Bertz CT molecular complexity index is 675. The molecule has 0 saturated heterocycles.